The van der Waals surface area contributed by atoms with Crippen molar-refractivity contribution in [2.45, 2.75) is 82.9 Å². The number of furan rings is 1. The second-order valence-corrected chi connectivity index (χ2v) is 12.2. The number of ether oxygens (including phenoxy) is 4. The van der Waals surface area contributed by atoms with Gasteiger partial charge in [-0.25, -0.2) is 4.79 Å². The Morgan fingerprint density at radius 2 is 1.76 bits per heavy atom. The van der Waals surface area contributed by atoms with Gasteiger partial charge < -0.3 is 23.4 Å². The van der Waals surface area contributed by atoms with Gasteiger partial charge in [0, 0.05) is 28.7 Å². The quantitative estimate of drug-likeness (QED) is 0.455. The Morgan fingerprint density at radius 3 is 2.50 bits per heavy atom. The normalized spacial score (nSPS) is 52.4. The zero-order chi connectivity index (χ0) is 23.9. The summed E-state index contributed by atoms with van der Waals surface area (Å²) < 4.78 is 29.8. The van der Waals surface area contributed by atoms with Gasteiger partial charge in [0.25, 0.3) is 0 Å². The van der Waals surface area contributed by atoms with Gasteiger partial charge >= 0.3 is 11.9 Å². The number of Topliss-reactive ketones (excluding diaryl/α,β-unsaturated/α-hetero) is 1. The van der Waals surface area contributed by atoms with Crippen molar-refractivity contribution in [3.63, 3.8) is 0 Å². The number of fused-ring (bicyclic) bond motifs is 1. The third-order valence-electron chi connectivity index (χ3n) is 10.7. The maximum absolute atomic E-state index is 14.2. The predicted molar refractivity (Wildman–Crippen MR) is 114 cm³/mol. The average Bonchev–Trinajstić information content (AvgIpc) is 3.26. The standard InChI is InChI=1S/C26H30O8/c1-22(2)15-9-16(27)24(4)14(25(15)12-31-18(28)10-17(25)33-22)5-7-23(3)19(13-6-8-30-11-13)32-21(29)20-26(23,24)34-20/h6,8,11,14-15,17,19-20H,5,7,9-10,12H2,1-4H3/t14?,15?,17?,19-,20?,23-,24?,25?,26?/m0/s1. The van der Waals surface area contributed by atoms with Crippen molar-refractivity contribution in [3.8, 4) is 0 Å². The van der Waals surface area contributed by atoms with Crippen LogP contribution in [-0.4, -0.2) is 47.7 Å². The maximum Gasteiger partial charge on any atom is 0.339 e. The summed E-state index contributed by atoms with van der Waals surface area (Å²) in [4.78, 5) is 39.7. The Bertz CT molecular complexity index is 1120. The van der Waals surface area contributed by atoms with E-state index in [2.05, 4.69) is 6.92 Å². The maximum atomic E-state index is 14.2. The van der Waals surface area contributed by atoms with Crippen molar-refractivity contribution in [2.75, 3.05) is 6.61 Å². The lowest BCUT2D eigenvalue weighted by atomic mass is 9.37. The van der Waals surface area contributed by atoms with Crippen LogP contribution in [-0.2, 0) is 33.3 Å². The van der Waals surface area contributed by atoms with Crippen LogP contribution in [0.25, 0.3) is 0 Å². The van der Waals surface area contributed by atoms with E-state index in [1.165, 1.54) is 0 Å². The molecule has 7 unspecified atom stereocenters. The fraction of sp³-hybridized carbons (Fsp3) is 0.731. The fourth-order valence-corrected chi connectivity index (χ4v) is 9.34. The second-order valence-electron chi connectivity index (χ2n) is 12.2. The monoisotopic (exact) mass is 470 g/mol. The third-order valence-corrected chi connectivity index (χ3v) is 10.7. The van der Waals surface area contributed by atoms with Crippen molar-refractivity contribution in [2.24, 2.45) is 28.1 Å². The van der Waals surface area contributed by atoms with Crippen molar-refractivity contribution >= 4 is 17.7 Å². The summed E-state index contributed by atoms with van der Waals surface area (Å²) >= 11 is 0. The Kier molecular flexibility index (Phi) is 3.70. The first-order valence-electron chi connectivity index (χ1n) is 12.3. The minimum atomic E-state index is -0.976. The first-order chi connectivity index (χ1) is 16.0. The van der Waals surface area contributed by atoms with Crippen molar-refractivity contribution < 1.29 is 37.7 Å². The molecule has 5 heterocycles. The molecule has 2 spiro atoms. The van der Waals surface area contributed by atoms with Crippen LogP contribution in [0.2, 0.25) is 0 Å². The second kappa shape index (κ2) is 5.95. The SMILES string of the molecule is CC1(C)OC2CC(=O)OCC23C1CC(=O)C1(C)C3CC[C@@]2(C)[C@H](c3ccoc3)OC(=O)C3OC312. The lowest BCUT2D eigenvalue weighted by molar-refractivity contribution is -0.225. The van der Waals surface area contributed by atoms with Crippen molar-refractivity contribution in [3.05, 3.63) is 24.2 Å². The van der Waals surface area contributed by atoms with Gasteiger partial charge in [-0.15, -0.1) is 0 Å². The number of carbonyl (C=O) groups is 3. The third kappa shape index (κ3) is 2.02. The van der Waals surface area contributed by atoms with Gasteiger partial charge in [-0.3, -0.25) is 9.59 Å². The summed E-state index contributed by atoms with van der Waals surface area (Å²) in [6.45, 7) is 8.36. The number of cyclic esters (lactones) is 2. The highest BCUT2D eigenvalue weighted by atomic mass is 16.7. The summed E-state index contributed by atoms with van der Waals surface area (Å²) in [6, 6.07) is 1.81. The molecular weight excluding hydrogens is 440 g/mol. The highest BCUT2D eigenvalue weighted by molar-refractivity contribution is 5.93. The molecule has 0 amide bonds. The van der Waals surface area contributed by atoms with Gasteiger partial charge in [0.1, 0.15) is 24.1 Å². The van der Waals surface area contributed by atoms with E-state index in [9.17, 15) is 14.4 Å². The van der Waals surface area contributed by atoms with Crippen molar-refractivity contribution in [1.82, 2.24) is 0 Å². The van der Waals surface area contributed by atoms with Gasteiger partial charge in [0.2, 0.25) is 0 Å². The number of esters is 2. The van der Waals surface area contributed by atoms with Crippen LogP contribution in [0, 0.1) is 28.1 Å². The van der Waals surface area contributed by atoms with E-state index in [0.717, 1.165) is 12.0 Å². The molecule has 4 aliphatic heterocycles. The van der Waals surface area contributed by atoms with Gasteiger partial charge in [-0.05, 0) is 45.6 Å². The average molecular weight is 471 g/mol. The Morgan fingerprint density at radius 1 is 0.971 bits per heavy atom. The number of epoxide rings is 1. The number of hydrogen-bond donors (Lipinski definition) is 0. The van der Waals surface area contributed by atoms with E-state index in [1.54, 1.807) is 12.5 Å². The zero-order valence-electron chi connectivity index (χ0n) is 19.9. The first kappa shape index (κ1) is 21.1. The molecule has 8 heteroatoms. The molecule has 182 valence electrons. The molecule has 0 N–H and O–H groups in total. The molecule has 7 rings (SSSR count). The van der Waals surface area contributed by atoms with E-state index < -0.39 is 45.6 Å². The smallest absolute Gasteiger partial charge is 0.339 e. The van der Waals surface area contributed by atoms with Gasteiger partial charge in [0.15, 0.2) is 6.10 Å². The van der Waals surface area contributed by atoms with Crippen LogP contribution >= 0.6 is 0 Å². The number of hydrogen-bond acceptors (Lipinski definition) is 8. The molecule has 34 heavy (non-hydrogen) atoms. The minimum Gasteiger partial charge on any atom is -0.472 e. The molecule has 1 aromatic heterocycles. The fourth-order valence-electron chi connectivity index (χ4n) is 9.34. The van der Waals surface area contributed by atoms with Crippen LogP contribution in [0.3, 0.4) is 0 Å². The predicted octanol–water partition coefficient (Wildman–Crippen LogP) is 3.14. The molecule has 2 aliphatic carbocycles. The van der Waals surface area contributed by atoms with Crippen LogP contribution in [0.1, 0.15) is 65.0 Å². The molecular formula is C26H30O8. The van der Waals surface area contributed by atoms with Crippen LogP contribution in [0.4, 0.5) is 0 Å². The summed E-state index contributed by atoms with van der Waals surface area (Å²) in [5.74, 6) is -0.780. The van der Waals surface area contributed by atoms with E-state index in [4.69, 9.17) is 23.4 Å². The number of carbonyl (C=O) groups excluding carboxylic acids is 3. The molecule has 9 atom stereocenters. The highest BCUT2D eigenvalue weighted by Gasteiger charge is 2.89. The Hall–Kier alpha value is -2.19. The Balaban J connectivity index is 1.41. The van der Waals surface area contributed by atoms with E-state index in [0.29, 0.717) is 12.8 Å². The van der Waals surface area contributed by atoms with Crippen LogP contribution < -0.4 is 0 Å². The van der Waals surface area contributed by atoms with Crippen LogP contribution in [0.5, 0.6) is 0 Å². The summed E-state index contributed by atoms with van der Waals surface area (Å²) in [6.07, 6.45) is 3.46. The van der Waals surface area contributed by atoms with Gasteiger partial charge in [-0.2, -0.15) is 0 Å². The molecule has 0 aromatic carbocycles. The highest BCUT2D eigenvalue weighted by Crippen LogP contribution is 2.79. The van der Waals surface area contributed by atoms with E-state index in [1.807, 2.05) is 26.8 Å². The Labute approximate surface area is 197 Å². The lowest BCUT2D eigenvalue weighted by Crippen LogP contribution is -2.72. The topological polar surface area (TPSA) is 105 Å². The van der Waals surface area contributed by atoms with Gasteiger partial charge in [-0.1, -0.05) is 6.92 Å². The summed E-state index contributed by atoms with van der Waals surface area (Å²) in [5.41, 5.74) is -2.78. The molecule has 4 saturated heterocycles. The number of rotatable bonds is 1. The van der Waals surface area contributed by atoms with Gasteiger partial charge in [0.05, 0.1) is 36.1 Å². The molecule has 0 bridgehead atoms. The minimum absolute atomic E-state index is 0.0677. The molecule has 6 fully saturated rings. The molecule has 8 nitrogen and oxygen atoms in total. The largest absolute Gasteiger partial charge is 0.472 e. The first-order valence-corrected chi connectivity index (χ1v) is 12.3. The molecule has 2 saturated carbocycles. The number of ketones is 1. The van der Waals surface area contributed by atoms with E-state index in [-0.39, 0.29) is 42.7 Å². The molecule has 0 radical (unpaired) electrons. The zero-order valence-corrected chi connectivity index (χ0v) is 19.9. The molecule has 1 aromatic rings. The summed E-state index contributed by atoms with van der Waals surface area (Å²) in [5, 5.41) is 0. The van der Waals surface area contributed by atoms with E-state index >= 15 is 0 Å². The summed E-state index contributed by atoms with van der Waals surface area (Å²) in [7, 11) is 0. The molecule has 6 aliphatic rings. The van der Waals surface area contributed by atoms with Crippen molar-refractivity contribution in [1.29, 1.82) is 0 Å². The van der Waals surface area contributed by atoms with Crippen LogP contribution in [0.15, 0.2) is 23.0 Å². The lowest BCUT2D eigenvalue weighted by Gasteiger charge is -2.65.